The van der Waals surface area contributed by atoms with Crippen molar-refractivity contribution in [2.45, 2.75) is 36.1 Å². The second kappa shape index (κ2) is 8.87. The number of fused-ring (bicyclic) bond motifs is 4. The molecule has 38 heavy (non-hydrogen) atoms. The van der Waals surface area contributed by atoms with Gasteiger partial charge in [0.1, 0.15) is 30.2 Å². The molecule has 0 radical (unpaired) electrons. The van der Waals surface area contributed by atoms with Gasteiger partial charge in [0.25, 0.3) is 10.1 Å². The number of hydrogen-bond donors (Lipinski definition) is 6. The second-order valence-electron chi connectivity index (χ2n) is 9.10. The van der Waals surface area contributed by atoms with E-state index in [-0.39, 0.29) is 23.9 Å². The lowest BCUT2D eigenvalue weighted by Gasteiger charge is -2.17. The summed E-state index contributed by atoms with van der Waals surface area (Å²) in [6.07, 6.45) is -1.54. The summed E-state index contributed by atoms with van der Waals surface area (Å²) in [5.74, 6) is 0.184. The van der Waals surface area contributed by atoms with Crippen LogP contribution in [0.1, 0.15) is 6.23 Å². The molecule has 0 aliphatic carbocycles. The Bertz CT molecular complexity index is 1800. The molecule has 0 saturated carbocycles. The monoisotopic (exact) mass is 540 g/mol. The topological polar surface area (TPSA) is 217 Å². The molecule has 1 aliphatic rings. The van der Waals surface area contributed by atoms with Crippen molar-refractivity contribution in [2.24, 2.45) is 0 Å². The van der Waals surface area contributed by atoms with Crippen LogP contribution in [0.5, 0.6) is 0 Å². The van der Waals surface area contributed by atoms with E-state index in [2.05, 4.69) is 20.3 Å². The van der Waals surface area contributed by atoms with E-state index in [1.807, 2.05) is 10.6 Å². The minimum Gasteiger partial charge on any atom is -0.399 e. The van der Waals surface area contributed by atoms with Crippen LogP contribution < -0.4 is 16.8 Å². The van der Waals surface area contributed by atoms with Gasteiger partial charge in [-0.05, 0) is 24.3 Å². The number of aliphatic hydroxyl groups is 2. The second-order valence-corrected chi connectivity index (χ2v) is 10.5. The lowest BCUT2D eigenvalue weighted by molar-refractivity contribution is -0.0345. The van der Waals surface area contributed by atoms with Gasteiger partial charge in [0.05, 0.1) is 28.9 Å². The van der Waals surface area contributed by atoms with Gasteiger partial charge in [-0.15, -0.1) is 0 Å². The van der Waals surface area contributed by atoms with E-state index in [1.54, 1.807) is 18.2 Å². The molecule has 0 spiro atoms. The van der Waals surface area contributed by atoms with Crippen LogP contribution in [0.25, 0.3) is 33.0 Å². The Balaban J connectivity index is 1.27. The molecular formula is C23H24N8O6S. The summed E-state index contributed by atoms with van der Waals surface area (Å²) in [6, 6.07) is 9.72. The van der Waals surface area contributed by atoms with E-state index < -0.39 is 34.7 Å². The molecule has 3 aromatic heterocycles. The summed E-state index contributed by atoms with van der Waals surface area (Å²) >= 11 is 0. The number of rotatable bonds is 6. The third kappa shape index (κ3) is 3.92. The average Bonchev–Trinajstić information content (AvgIpc) is 3.52. The summed E-state index contributed by atoms with van der Waals surface area (Å²) in [5.41, 5.74) is 14.4. The predicted octanol–water partition coefficient (Wildman–Crippen LogP) is 0.212. The van der Waals surface area contributed by atoms with Crippen LogP contribution >= 0.6 is 0 Å². The maximum atomic E-state index is 11.8. The van der Waals surface area contributed by atoms with E-state index in [0.717, 1.165) is 16.3 Å². The smallest absolute Gasteiger partial charge is 0.294 e. The zero-order valence-electron chi connectivity index (χ0n) is 19.7. The van der Waals surface area contributed by atoms with Gasteiger partial charge >= 0.3 is 0 Å². The zero-order chi connectivity index (χ0) is 26.8. The highest BCUT2D eigenvalue weighted by Crippen LogP contribution is 2.33. The first-order chi connectivity index (χ1) is 18.1. The summed E-state index contributed by atoms with van der Waals surface area (Å²) < 4.78 is 42.4. The van der Waals surface area contributed by atoms with Crippen molar-refractivity contribution in [2.75, 3.05) is 18.0 Å². The standard InChI is InChI=1S/C23H24N8O6S/c24-11-1-3-13-14-4-2-12(38(34,35)36)6-16(14)30(15(13)5-11)9-26-7-17-19(32)20(33)23(37-17)31-10-29-18-21(25)27-8-28-22(18)31/h1-6,8,10,17,19-20,23,26,32-33H,7,9,24H2,(H2,25,27,28)(H,34,35,36). The number of imidazole rings is 1. The SMILES string of the molecule is Nc1ccc2c3ccc(S(=O)(=O)O)cc3n(CNCC3OC(n4cnc5c(N)ncnc54)C(O)C3O)c2c1. The Hall–Kier alpha value is -3.86. The normalized spacial score (nSPS) is 22.2. The molecule has 1 fully saturated rings. The predicted molar refractivity (Wildman–Crippen MR) is 137 cm³/mol. The lowest BCUT2D eigenvalue weighted by atomic mass is 10.1. The number of nitrogen functional groups attached to an aromatic ring is 2. The lowest BCUT2D eigenvalue weighted by Crippen LogP contribution is -2.38. The molecule has 6 rings (SSSR count). The Kier molecular flexibility index (Phi) is 5.71. The molecule has 2 aromatic carbocycles. The Morgan fingerprint density at radius 1 is 1.00 bits per heavy atom. The number of aromatic nitrogens is 5. The molecule has 0 amide bonds. The minimum atomic E-state index is -4.41. The fraction of sp³-hybridized carbons (Fsp3) is 0.261. The maximum absolute atomic E-state index is 11.8. The van der Waals surface area contributed by atoms with Crippen LogP contribution in [0.2, 0.25) is 0 Å². The molecule has 0 bridgehead atoms. The summed E-state index contributed by atoms with van der Waals surface area (Å²) in [6.45, 7) is 0.323. The first-order valence-electron chi connectivity index (χ1n) is 11.6. The van der Waals surface area contributed by atoms with Gasteiger partial charge < -0.3 is 31.0 Å². The van der Waals surface area contributed by atoms with Crippen LogP contribution in [0, 0.1) is 0 Å². The van der Waals surface area contributed by atoms with Gasteiger partial charge in [0.15, 0.2) is 17.7 Å². The summed E-state index contributed by atoms with van der Waals surface area (Å²) in [4.78, 5) is 12.0. The maximum Gasteiger partial charge on any atom is 0.294 e. The van der Waals surface area contributed by atoms with Crippen LogP contribution in [-0.4, -0.2) is 72.1 Å². The van der Waals surface area contributed by atoms with E-state index in [9.17, 15) is 23.2 Å². The van der Waals surface area contributed by atoms with Crippen molar-refractivity contribution in [3.8, 4) is 0 Å². The van der Waals surface area contributed by atoms with E-state index in [0.29, 0.717) is 22.4 Å². The van der Waals surface area contributed by atoms with Crippen LogP contribution in [0.3, 0.4) is 0 Å². The fourth-order valence-electron chi connectivity index (χ4n) is 4.93. The highest BCUT2D eigenvalue weighted by Gasteiger charge is 2.44. The molecule has 198 valence electrons. The number of aliphatic hydroxyl groups excluding tert-OH is 2. The number of hydrogen-bond acceptors (Lipinski definition) is 11. The Morgan fingerprint density at radius 3 is 2.50 bits per heavy atom. The highest BCUT2D eigenvalue weighted by atomic mass is 32.2. The Morgan fingerprint density at radius 2 is 1.74 bits per heavy atom. The number of anilines is 2. The average molecular weight is 541 g/mol. The Labute approximate surface area is 215 Å². The molecular weight excluding hydrogens is 516 g/mol. The van der Waals surface area contributed by atoms with Crippen molar-refractivity contribution < 1.29 is 27.9 Å². The molecule has 14 nitrogen and oxygen atoms in total. The van der Waals surface area contributed by atoms with Crippen molar-refractivity contribution in [1.82, 2.24) is 29.4 Å². The van der Waals surface area contributed by atoms with Gasteiger partial charge in [0, 0.05) is 23.0 Å². The van der Waals surface area contributed by atoms with Gasteiger partial charge in [-0.1, -0.05) is 12.1 Å². The van der Waals surface area contributed by atoms with Crippen molar-refractivity contribution in [1.29, 1.82) is 0 Å². The number of ether oxygens (including phenoxy) is 1. The van der Waals surface area contributed by atoms with Crippen LogP contribution in [0.15, 0.2) is 53.9 Å². The molecule has 1 aliphatic heterocycles. The van der Waals surface area contributed by atoms with Gasteiger partial charge in [-0.2, -0.15) is 8.42 Å². The largest absolute Gasteiger partial charge is 0.399 e. The van der Waals surface area contributed by atoms with E-state index in [4.69, 9.17) is 16.2 Å². The molecule has 4 unspecified atom stereocenters. The van der Waals surface area contributed by atoms with Gasteiger partial charge in [-0.25, -0.2) is 15.0 Å². The minimum absolute atomic E-state index is 0.139. The van der Waals surface area contributed by atoms with Gasteiger partial charge in [-0.3, -0.25) is 14.4 Å². The zero-order valence-corrected chi connectivity index (χ0v) is 20.5. The highest BCUT2D eigenvalue weighted by molar-refractivity contribution is 7.85. The molecule has 1 saturated heterocycles. The molecule has 15 heteroatoms. The number of nitrogens with one attached hydrogen (secondary N) is 1. The van der Waals surface area contributed by atoms with Crippen LogP contribution in [-0.2, 0) is 21.5 Å². The quantitative estimate of drug-likeness (QED) is 0.126. The molecule has 4 heterocycles. The molecule has 4 atom stereocenters. The number of benzene rings is 2. The van der Waals surface area contributed by atoms with Crippen molar-refractivity contribution in [3.05, 3.63) is 49.1 Å². The fourth-order valence-corrected chi connectivity index (χ4v) is 5.43. The van der Waals surface area contributed by atoms with Crippen molar-refractivity contribution >= 4 is 54.6 Å². The first-order valence-corrected chi connectivity index (χ1v) is 13.0. The molecule has 8 N–H and O–H groups in total. The summed E-state index contributed by atoms with van der Waals surface area (Å²) in [7, 11) is -4.41. The first kappa shape index (κ1) is 24.5. The van der Waals surface area contributed by atoms with Crippen molar-refractivity contribution in [3.63, 3.8) is 0 Å². The van der Waals surface area contributed by atoms with E-state index in [1.165, 1.54) is 29.4 Å². The third-order valence-electron chi connectivity index (χ3n) is 6.77. The summed E-state index contributed by atoms with van der Waals surface area (Å²) in [5, 5.41) is 26.2. The third-order valence-corrected chi connectivity index (χ3v) is 7.62. The van der Waals surface area contributed by atoms with E-state index >= 15 is 0 Å². The number of nitrogens with zero attached hydrogens (tertiary/aromatic N) is 5. The molecule has 5 aromatic rings. The van der Waals surface area contributed by atoms with Gasteiger partial charge in [0.2, 0.25) is 0 Å². The van der Waals surface area contributed by atoms with Crippen LogP contribution in [0.4, 0.5) is 11.5 Å². The number of nitrogens with two attached hydrogens (primary N) is 2.